The average Bonchev–Trinajstić information content (AvgIpc) is 3.07. The molecule has 1 amide bonds. The predicted molar refractivity (Wildman–Crippen MR) is 86.2 cm³/mol. The van der Waals surface area contributed by atoms with Crippen molar-refractivity contribution in [3.63, 3.8) is 0 Å². The number of ether oxygens (including phenoxy) is 1. The van der Waals surface area contributed by atoms with Gasteiger partial charge in [0.15, 0.2) is 0 Å². The van der Waals surface area contributed by atoms with Crippen LogP contribution in [0.3, 0.4) is 0 Å². The van der Waals surface area contributed by atoms with Crippen molar-refractivity contribution in [2.75, 3.05) is 13.2 Å². The van der Waals surface area contributed by atoms with E-state index in [-0.39, 0.29) is 17.6 Å². The largest absolute Gasteiger partial charge is 0.376 e. The minimum atomic E-state index is -0.297. The summed E-state index contributed by atoms with van der Waals surface area (Å²) in [7, 11) is 0. The van der Waals surface area contributed by atoms with Crippen LogP contribution in [0.25, 0.3) is 0 Å². The smallest absolute Gasteiger partial charge is 0.223 e. The van der Waals surface area contributed by atoms with Gasteiger partial charge in [-0.1, -0.05) is 6.07 Å². The molecule has 0 radical (unpaired) electrons. The molecule has 0 aromatic carbocycles. The van der Waals surface area contributed by atoms with Gasteiger partial charge >= 0.3 is 0 Å². The Balaban J connectivity index is 1.94. The van der Waals surface area contributed by atoms with E-state index in [0.29, 0.717) is 25.9 Å². The van der Waals surface area contributed by atoms with Crippen molar-refractivity contribution in [2.24, 2.45) is 5.73 Å². The lowest BCUT2D eigenvalue weighted by Gasteiger charge is -2.26. The van der Waals surface area contributed by atoms with E-state index in [1.165, 1.54) is 4.88 Å². The molecule has 1 aromatic heterocycles. The molecular weight excluding hydrogens is 284 g/mol. The first-order chi connectivity index (χ1) is 9.94. The Morgan fingerprint density at radius 1 is 1.57 bits per heavy atom. The molecule has 1 aliphatic heterocycles. The van der Waals surface area contributed by atoms with Gasteiger partial charge in [-0.15, -0.1) is 11.3 Å². The number of carbonyl (C=O) groups excluding carboxylic acids is 1. The molecule has 0 bridgehead atoms. The Labute approximate surface area is 131 Å². The highest BCUT2D eigenvalue weighted by molar-refractivity contribution is 7.09. The van der Waals surface area contributed by atoms with Crippen LogP contribution >= 0.6 is 11.3 Å². The molecule has 118 valence electrons. The summed E-state index contributed by atoms with van der Waals surface area (Å²) in [5, 5.41) is 2.05. The van der Waals surface area contributed by atoms with Crippen molar-refractivity contribution >= 4 is 17.2 Å². The zero-order valence-corrected chi connectivity index (χ0v) is 13.8. The Hall–Kier alpha value is -0.910. The van der Waals surface area contributed by atoms with Crippen LogP contribution in [-0.2, 0) is 16.1 Å². The zero-order chi connectivity index (χ0) is 15.3. The highest BCUT2D eigenvalue weighted by atomic mass is 32.1. The van der Waals surface area contributed by atoms with Crippen molar-refractivity contribution in [1.29, 1.82) is 0 Å². The molecule has 0 spiro atoms. The highest BCUT2D eigenvalue weighted by Gasteiger charge is 2.24. The van der Waals surface area contributed by atoms with E-state index in [1.54, 1.807) is 11.3 Å². The molecule has 5 heteroatoms. The van der Waals surface area contributed by atoms with Crippen molar-refractivity contribution in [3.05, 3.63) is 22.4 Å². The maximum atomic E-state index is 12.5. The zero-order valence-electron chi connectivity index (χ0n) is 13.0. The van der Waals surface area contributed by atoms with Crippen LogP contribution in [-0.4, -0.2) is 35.6 Å². The third-order valence-corrected chi connectivity index (χ3v) is 4.57. The predicted octanol–water partition coefficient (Wildman–Crippen LogP) is 2.77. The minimum Gasteiger partial charge on any atom is -0.376 e. The summed E-state index contributed by atoms with van der Waals surface area (Å²) in [6.45, 7) is 6.12. The molecule has 1 atom stereocenters. The molecule has 1 fully saturated rings. The number of thiophene rings is 1. The Kier molecular flexibility index (Phi) is 5.79. The summed E-state index contributed by atoms with van der Waals surface area (Å²) in [5.74, 6) is 0.178. The maximum Gasteiger partial charge on any atom is 0.223 e. The number of carbonyl (C=O) groups is 1. The molecule has 1 aromatic rings. The SMILES string of the molecule is CC(C)(N)CCC(=O)N(Cc1cccs1)CC1CCCO1. The molecule has 0 aliphatic carbocycles. The number of rotatable bonds is 7. The van der Waals surface area contributed by atoms with Crippen molar-refractivity contribution in [2.45, 2.75) is 57.7 Å². The highest BCUT2D eigenvalue weighted by Crippen LogP contribution is 2.19. The van der Waals surface area contributed by atoms with Gasteiger partial charge < -0.3 is 15.4 Å². The second-order valence-corrected chi connectivity index (χ2v) is 7.51. The molecular formula is C16H26N2O2S. The lowest BCUT2D eigenvalue weighted by atomic mass is 9.99. The Morgan fingerprint density at radius 3 is 2.95 bits per heavy atom. The van der Waals surface area contributed by atoms with E-state index in [0.717, 1.165) is 19.4 Å². The van der Waals surface area contributed by atoms with Crippen LogP contribution in [0, 0.1) is 0 Å². The Bertz CT molecular complexity index is 434. The molecule has 2 rings (SSSR count). The molecule has 1 unspecified atom stereocenters. The fourth-order valence-corrected chi connectivity index (χ4v) is 3.19. The molecule has 2 N–H and O–H groups in total. The van der Waals surface area contributed by atoms with E-state index in [4.69, 9.17) is 10.5 Å². The van der Waals surface area contributed by atoms with Gasteiger partial charge in [0.25, 0.3) is 0 Å². The van der Waals surface area contributed by atoms with Crippen LogP contribution in [0.5, 0.6) is 0 Å². The summed E-state index contributed by atoms with van der Waals surface area (Å²) in [6.07, 6.45) is 3.55. The fourth-order valence-electron chi connectivity index (χ4n) is 2.47. The summed E-state index contributed by atoms with van der Waals surface area (Å²) in [5.41, 5.74) is 5.69. The van der Waals surface area contributed by atoms with Gasteiger partial charge in [-0.25, -0.2) is 0 Å². The van der Waals surface area contributed by atoms with E-state index in [9.17, 15) is 4.79 Å². The number of amides is 1. The fraction of sp³-hybridized carbons (Fsp3) is 0.688. The third kappa shape index (κ3) is 5.77. The second-order valence-electron chi connectivity index (χ2n) is 6.48. The standard InChI is InChI=1S/C16H26N2O2S/c1-16(2,17)8-7-15(19)18(11-13-5-3-9-20-13)12-14-6-4-10-21-14/h4,6,10,13H,3,5,7-9,11-12,17H2,1-2H3. The van der Waals surface area contributed by atoms with Crippen LogP contribution in [0.2, 0.25) is 0 Å². The second kappa shape index (κ2) is 7.38. The van der Waals surface area contributed by atoms with E-state index in [1.807, 2.05) is 30.2 Å². The molecule has 0 saturated carbocycles. The quantitative estimate of drug-likeness (QED) is 0.842. The van der Waals surface area contributed by atoms with Gasteiger partial charge in [-0.2, -0.15) is 0 Å². The number of hydrogen-bond acceptors (Lipinski definition) is 4. The molecule has 4 nitrogen and oxygen atoms in total. The van der Waals surface area contributed by atoms with Gasteiger partial charge in [0.1, 0.15) is 0 Å². The van der Waals surface area contributed by atoms with Gasteiger partial charge in [0.2, 0.25) is 5.91 Å². The van der Waals surface area contributed by atoms with E-state index in [2.05, 4.69) is 6.07 Å². The van der Waals surface area contributed by atoms with Gasteiger partial charge in [0.05, 0.1) is 12.6 Å². The van der Waals surface area contributed by atoms with Gasteiger partial charge in [-0.05, 0) is 44.6 Å². The van der Waals surface area contributed by atoms with Crippen molar-refractivity contribution < 1.29 is 9.53 Å². The van der Waals surface area contributed by atoms with Crippen molar-refractivity contribution in [1.82, 2.24) is 4.90 Å². The molecule has 1 aliphatic rings. The lowest BCUT2D eigenvalue weighted by Crippen LogP contribution is -2.39. The molecule has 1 saturated heterocycles. The van der Waals surface area contributed by atoms with E-state index < -0.39 is 0 Å². The summed E-state index contributed by atoms with van der Waals surface area (Å²) in [6, 6.07) is 4.10. The van der Waals surface area contributed by atoms with Crippen molar-refractivity contribution in [3.8, 4) is 0 Å². The normalized spacial score (nSPS) is 18.9. The summed E-state index contributed by atoms with van der Waals surface area (Å²) >= 11 is 1.69. The van der Waals surface area contributed by atoms with Gasteiger partial charge in [-0.3, -0.25) is 4.79 Å². The number of nitrogens with two attached hydrogens (primary N) is 1. The number of hydrogen-bond donors (Lipinski definition) is 1. The first-order valence-corrected chi connectivity index (χ1v) is 8.53. The molecule has 21 heavy (non-hydrogen) atoms. The van der Waals surface area contributed by atoms with Crippen LogP contribution in [0.4, 0.5) is 0 Å². The Morgan fingerprint density at radius 2 is 2.38 bits per heavy atom. The third-order valence-electron chi connectivity index (χ3n) is 3.71. The van der Waals surface area contributed by atoms with Crippen LogP contribution in [0.1, 0.15) is 44.4 Å². The minimum absolute atomic E-state index is 0.178. The number of nitrogens with zero attached hydrogens (tertiary/aromatic N) is 1. The monoisotopic (exact) mass is 310 g/mol. The maximum absolute atomic E-state index is 12.5. The lowest BCUT2D eigenvalue weighted by molar-refractivity contribution is -0.133. The van der Waals surface area contributed by atoms with Gasteiger partial charge in [0, 0.05) is 30.0 Å². The first kappa shape index (κ1) is 16.5. The van der Waals surface area contributed by atoms with Crippen LogP contribution < -0.4 is 5.73 Å². The average molecular weight is 310 g/mol. The van der Waals surface area contributed by atoms with E-state index >= 15 is 0 Å². The van der Waals surface area contributed by atoms with Crippen LogP contribution in [0.15, 0.2) is 17.5 Å². The topological polar surface area (TPSA) is 55.6 Å². The summed E-state index contributed by atoms with van der Waals surface area (Å²) < 4.78 is 5.68. The summed E-state index contributed by atoms with van der Waals surface area (Å²) in [4.78, 5) is 15.7. The first-order valence-electron chi connectivity index (χ1n) is 7.65. The molecule has 2 heterocycles.